The van der Waals surface area contributed by atoms with Gasteiger partial charge in [0.2, 0.25) is 20.8 Å². The number of aryl methyl sites for hydroxylation is 2. The Hall–Kier alpha value is -3.81. The maximum atomic E-state index is 13.6. The fourth-order valence-electron chi connectivity index (χ4n) is 6.05. The molecule has 2 saturated heterocycles. The zero-order valence-corrected chi connectivity index (χ0v) is 25.7. The number of carbonyl (C=O) groups is 1. The number of anilines is 1. The number of fused-ring (bicyclic) bond motifs is 3. The summed E-state index contributed by atoms with van der Waals surface area (Å²) in [5.41, 5.74) is 1.67. The summed E-state index contributed by atoms with van der Waals surface area (Å²) in [5, 5.41) is 10.2. The van der Waals surface area contributed by atoms with Gasteiger partial charge in [-0.1, -0.05) is 17.7 Å². The van der Waals surface area contributed by atoms with Crippen LogP contribution in [0.25, 0.3) is 16.6 Å². The highest BCUT2D eigenvalue weighted by molar-refractivity contribution is 7.91. The number of piperazine rings is 1. The predicted octanol–water partition coefficient (Wildman–Crippen LogP) is 2.22. The largest absolute Gasteiger partial charge is 0.381 e. The number of H-pyrrole nitrogens is 1. The first kappa shape index (κ1) is 29.3. The Morgan fingerprint density at radius 1 is 1.05 bits per heavy atom. The summed E-state index contributed by atoms with van der Waals surface area (Å²) in [5.74, 6) is 0.0265. The van der Waals surface area contributed by atoms with Crippen LogP contribution in [0.5, 0.6) is 0 Å². The van der Waals surface area contributed by atoms with Crippen molar-refractivity contribution >= 4 is 38.0 Å². The van der Waals surface area contributed by atoms with Gasteiger partial charge < -0.3 is 15.0 Å². The van der Waals surface area contributed by atoms with Crippen molar-refractivity contribution in [2.75, 3.05) is 44.3 Å². The fourth-order valence-corrected chi connectivity index (χ4v) is 7.53. The molecule has 12 nitrogen and oxygen atoms in total. The monoisotopic (exact) mass is 607 g/mol. The van der Waals surface area contributed by atoms with Crippen LogP contribution >= 0.6 is 0 Å². The van der Waals surface area contributed by atoms with Gasteiger partial charge in [-0.15, -0.1) is 5.10 Å². The van der Waals surface area contributed by atoms with Crippen molar-refractivity contribution in [3.05, 3.63) is 57.9 Å². The highest BCUT2D eigenvalue weighted by Gasteiger charge is 2.37. The summed E-state index contributed by atoms with van der Waals surface area (Å²) in [6, 6.07) is 10.7. The van der Waals surface area contributed by atoms with Crippen molar-refractivity contribution in [1.82, 2.24) is 30.0 Å². The van der Waals surface area contributed by atoms with Crippen LogP contribution in [0, 0.1) is 13.8 Å². The standard InChI is InChI=1S/C30H37N7O5S/c1-19-5-8-25(20(2)17-19)43(40,41)28-26-32-27(38)23-7-6-22(18-24(23)37(26)34-33-28)35-11-13-36(14-12-35)30(3,4)29(39)31-21-9-15-42-16-10-21/h5-8,17-18,21,34H,9-16H2,1-4H3,(H,31,39). The van der Waals surface area contributed by atoms with Gasteiger partial charge in [-0.3, -0.25) is 14.5 Å². The molecule has 0 saturated carbocycles. The number of nitrogens with one attached hydrogen (secondary N) is 2. The Kier molecular flexibility index (Phi) is 7.51. The van der Waals surface area contributed by atoms with E-state index >= 15 is 0 Å². The molecule has 2 aromatic heterocycles. The van der Waals surface area contributed by atoms with E-state index in [-0.39, 0.29) is 27.5 Å². The van der Waals surface area contributed by atoms with Crippen molar-refractivity contribution in [1.29, 1.82) is 0 Å². The molecule has 0 unspecified atom stereocenters. The molecule has 0 radical (unpaired) electrons. The zero-order valence-electron chi connectivity index (χ0n) is 24.9. The van der Waals surface area contributed by atoms with Crippen LogP contribution in [0.3, 0.4) is 0 Å². The molecule has 6 rings (SSSR count). The number of sulfone groups is 1. The third-order valence-electron chi connectivity index (χ3n) is 8.74. The molecule has 0 aliphatic carbocycles. The first-order valence-corrected chi connectivity index (χ1v) is 16.1. The molecule has 0 bridgehead atoms. The Morgan fingerprint density at radius 3 is 2.47 bits per heavy atom. The molecule has 0 atom stereocenters. The molecule has 228 valence electrons. The van der Waals surface area contributed by atoms with Crippen molar-refractivity contribution in [2.24, 2.45) is 0 Å². The van der Waals surface area contributed by atoms with Crippen LogP contribution in [0.4, 0.5) is 5.69 Å². The minimum absolute atomic E-state index is 0.0265. The second-order valence-electron chi connectivity index (χ2n) is 12.0. The molecule has 1 amide bonds. The van der Waals surface area contributed by atoms with Gasteiger partial charge in [0.05, 0.1) is 21.3 Å². The Labute approximate surface area is 249 Å². The normalized spacial score (nSPS) is 17.5. The first-order chi connectivity index (χ1) is 20.5. The number of benzene rings is 2. The molecule has 0 spiro atoms. The quantitative estimate of drug-likeness (QED) is 0.337. The van der Waals surface area contributed by atoms with Gasteiger partial charge in [0.1, 0.15) is 0 Å². The third kappa shape index (κ3) is 5.30. The second-order valence-corrected chi connectivity index (χ2v) is 13.8. The lowest BCUT2D eigenvalue weighted by Crippen LogP contribution is -2.61. The van der Waals surface area contributed by atoms with Crippen LogP contribution in [0.1, 0.15) is 37.8 Å². The molecule has 2 aromatic carbocycles. The molecule has 43 heavy (non-hydrogen) atoms. The number of rotatable bonds is 6. The summed E-state index contributed by atoms with van der Waals surface area (Å²) in [6.45, 7) is 11.6. The van der Waals surface area contributed by atoms with Crippen LogP contribution in [-0.2, 0) is 19.4 Å². The SMILES string of the molecule is Cc1ccc(S(=O)(=O)c2n[nH]n3c2nc(=O)c2ccc(N4CCN(C(C)(C)C(=O)NC5CCOCC5)CC4)cc23)c(C)c1. The Balaban J connectivity index is 1.25. The molecule has 2 N–H and O–H groups in total. The average molecular weight is 608 g/mol. The van der Waals surface area contributed by atoms with Gasteiger partial charge in [-0.05, 0) is 70.4 Å². The van der Waals surface area contributed by atoms with E-state index in [0.717, 1.165) is 24.1 Å². The molecular formula is C30H37N7O5S. The molecule has 2 aliphatic heterocycles. The van der Waals surface area contributed by atoms with E-state index < -0.39 is 20.9 Å². The van der Waals surface area contributed by atoms with Crippen molar-refractivity contribution in [2.45, 2.75) is 62.0 Å². The van der Waals surface area contributed by atoms with E-state index in [1.165, 1.54) is 4.52 Å². The van der Waals surface area contributed by atoms with E-state index in [0.29, 0.717) is 55.9 Å². The lowest BCUT2D eigenvalue weighted by Gasteiger charge is -2.44. The number of ether oxygens (including phenoxy) is 1. The zero-order chi connectivity index (χ0) is 30.5. The third-order valence-corrected chi connectivity index (χ3v) is 10.6. The van der Waals surface area contributed by atoms with Gasteiger partial charge in [-0.2, -0.15) is 4.98 Å². The van der Waals surface area contributed by atoms with E-state index in [4.69, 9.17) is 4.74 Å². The van der Waals surface area contributed by atoms with Crippen molar-refractivity contribution in [3.63, 3.8) is 0 Å². The number of hydrogen-bond donors (Lipinski definition) is 2. The van der Waals surface area contributed by atoms with E-state index in [9.17, 15) is 18.0 Å². The predicted molar refractivity (Wildman–Crippen MR) is 162 cm³/mol. The van der Waals surface area contributed by atoms with Crippen molar-refractivity contribution in [3.8, 4) is 0 Å². The molecular weight excluding hydrogens is 570 g/mol. The fraction of sp³-hybridized carbons (Fsp3) is 0.467. The maximum absolute atomic E-state index is 13.6. The lowest BCUT2D eigenvalue weighted by atomic mass is 9.98. The van der Waals surface area contributed by atoms with E-state index in [1.807, 2.05) is 32.9 Å². The minimum atomic E-state index is -4.04. The second kappa shape index (κ2) is 11.0. The van der Waals surface area contributed by atoms with Crippen molar-refractivity contribution < 1.29 is 17.9 Å². The lowest BCUT2D eigenvalue weighted by molar-refractivity contribution is -0.133. The van der Waals surface area contributed by atoms with E-state index in [2.05, 4.69) is 30.4 Å². The van der Waals surface area contributed by atoms with Gasteiger partial charge >= 0.3 is 0 Å². The Bertz CT molecular complexity index is 1870. The van der Waals surface area contributed by atoms with Crippen LogP contribution < -0.4 is 15.8 Å². The molecule has 2 aliphatic rings. The molecule has 13 heteroatoms. The van der Waals surface area contributed by atoms with Crippen LogP contribution in [-0.4, -0.2) is 90.0 Å². The topological polar surface area (TPSA) is 142 Å². The summed E-state index contributed by atoms with van der Waals surface area (Å²) in [7, 11) is -4.04. The highest BCUT2D eigenvalue weighted by atomic mass is 32.2. The van der Waals surface area contributed by atoms with E-state index in [1.54, 1.807) is 31.2 Å². The van der Waals surface area contributed by atoms with Crippen LogP contribution in [0.2, 0.25) is 0 Å². The molecule has 2 fully saturated rings. The molecule has 4 aromatic rings. The molecule has 4 heterocycles. The number of carbonyl (C=O) groups excluding carboxylic acids is 1. The van der Waals surface area contributed by atoms with Gasteiger partial charge in [-0.25, -0.2) is 18.1 Å². The summed E-state index contributed by atoms with van der Waals surface area (Å²) >= 11 is 0. The number of hydrogen-bond acceptors (Lipinski definition) is 9. The summed E-state index contributed by atoms with van der Waals surface area (Å²) < 4.78 is 34.0. The number of aromatic nitrogens is 4. The van der Waals surface area contributed by atoms with Gasteiger partial charge in [0.25, 0.3) is 5.56 Å². The smallest absolute Gasteiger partial charge is 0.281 e. The summed E-state index contributed by atoms with van der Waals surface area (Å²) in [6.07, 6.45) is 1.66. The number of nitrogens with zero attached hydrogens (tertiary/aromatic N) is 5. The maximum Gasteiger partial charge on any atom is 0.281 e. The number of amides is 1. The highest BCUT2D eigenvalue weighted by Crippen LogP contribution is 2.28. The van der Waals surface area contributed by atoms with Gasteiger partial charge in [0.15, 0.2) is 5.65 Å². The number of aromatic amines is 1. The van der Waals surface area contributed by atoms with Gasteiger partial charge in [0, 0.05) is 51.1 Å². The average Bonchev–Trinajstić information content (AvgIpc) is 3.42. The Morgan fingerprint density at radius 2 is 1.77 bits per heavy atom. The minimum Gasteiger partial charge on any atom is -0.381 e. The summed E-state index contributed by atoms with van der Waals surface area (Å²) in [4.78, 5) is 34.9. The van der Waals surface area contributed by atoms with Crippen LogP contribution in [0.15, 0.2) is 51.1 Å². The first-order valence-electron chi connectivity index (χ1n) is 14.6.